The van der Waals surface area contributed by atoms with Crippen molar-refractivity contribution in [3.05, 3.63) is 30.3 Å². The van der Waals surface area contributed by atoms with Gasteiger partial charge in [-0.3, -0.25) is 9.89 Å². The molecular formula is C19H32N4O2S. The van der Waals surface area contributed by atoms with E-state index in [1.54, 1.807) is 31.3 Å². The van der Waals surface area contributed by atoms with Crippen molar-refractivity contribution >= 4 is 15.8 Å². The summed E-state index contributed by atoms with van der Waals surface area (Å²) >= 11 is 0. The number of nitrogens with zero attached hydrogens (tertiary/aromatic N) is 2. The van der Waals surface area contributed by atoms with Crippen LogP contribution < -0.4 is 10.6 Å². The Hall–Kier alpha value is -1.60. The van der Waals surface area contributed by atoms with Crippen LogP contribution in [0.4, 0.5) is 0 Å². The van der Waals surface area contributed by atoms with E-state index in [1.165, 1.54) is 0 Å². The fraction of sp³-hybridized carbons (Fsp3) is 0.632. The molecule has 0 saturated carbocycles. The fourth-order valence-corrected chi connectivity index (χ4v) is 4.53. The Morgan fingerprint density at radius 2 is 1.96 bits per heavy atom. The number of hydrogen-bond acceptors (Lipinski definition) is 4. The van der Waals surface area contributed by atoms with Crippen LogP contribution in [0.2, 0.25) is 0 Å². The van der Waals surface area contributed by atoms with E-state index in [-0.39, 0.29) is 5.75 Å². The van der Waals surface area contributed by atoms with Gasteiger partial charge in [0.25, 0.3) is 0 Å². The summed E-state index contributed by atoms with van der Waals surface area (Å²) in [5.74, 6) is 1.42. The molecule has 1 heterocycles. The minimum atomic E-state index is -3.22. The van der Waals surface area contributed by atoms with Crippen LogP contribution in [0.1, 0.15) is 27.2 Å². The van der Waals surface area contributed by atoms with E-state index in [0.29, 0.717) is 35.9 Å². The van der Waals surface area contributed by atoms with Gasteiger partial charge < -0.3 is 10.6 Å². The second-order valence-electron chi connectivity index (χ2n) is 7.26. The Morgan fingerprint density at radius 3 is 2.54 bits per heavy atom. The lowest BCUT2D eigenvalue weighted by Gasteiger charge is -2.22. The molecule has 0 aromatic heterocycles. The van der Waals surface area contributed by atoms with Gasteiger partial charge in [0.2, 0.25) is 0 Å². The summed E-state index contributed by atoms with van der Waals surface area (Å²) in [4.78, 5) is 7.12. The van der Waals surface area contributed by atoms with Crippen molar-refractivity contribution in [1.29, 1.82) is 0 Å². The molecule has 6 nitrogen and oxygen atoms in total. The highest BCUT2D eigenvalue weighted by Gasteiger charge is 2.31. The van der Waals surface area contributed by atoms with Crippen LogP contribution >= 0.6 is 0 Å². The minimum Gasteiger partial charge on any atom is -0.356 e. The average molecular weight is 381 g/mol. The first-order chi connectivity index (χ1) is 12.3. The molecule has 1 fully saturated rings. The molecule has 0 radical (unpaired) electrons. The van der Waals surface area contributed by atoms with Gasteiger partial charge in [0.05, 0.1) is 10.6 Å². The molecule has 0 amide bonds. The quantitative estimate of drug-likeness (QED) is 0.428. The maximum atomic E-state index is 12.3. The molecule has 1 aromatic carbocycles. The van der Waals surface area contributed by atoms with Gasteiger partial charge in [-0.1, -0.05) is 25.1 Å². The molecule has 0 bridgehead atoms. The monoisotopic (exact) mass is 380 g/mol. The van der Waals surface area contributed by atoms with Crippen molar-refractivity contribution in [3.63, 3.8) is 0 Å². The molecule has 1 aliphatic rings. The highest BCUT2D eigenvalue weighted by atomic mass is 32.2. The van der Waals surface area contributed by atoms with E-state index >= 15 is 0 Å². The molecule has 1 aromatic rings. The number of likely N-dealkylation sites (tertiary alicyclic amines) is 1. The third-order valence-corrected chi connectivity index (χ3v) is 6.72. The maximum absolute atomic E-state index is 12.3. The predicted molar refractivity (Wildman–Crippen MR) is 107 cm³/mol. The van der Waals surface area contributed by atoms with Crippen LogP contribution in [-0.2, 0) is 9.84 Å². The zero-order chi connectivity index (χ0) is 19.2. The van der Waals surface area contributed by atoms with Gasteiger partial charge in [0.15, 0.2) is 15.8 Å². The lowest BCUT2D eigenvalue weighted by atomic mass is 10.1. The van der Waals surface area contributed by atoms with E-state index in [1.807, 2.05) is 6.07 Å². The van der Waals surface area contributed by atoms with Crippen LogP contribution in [0.5, 0.6) is 0 Å². The number of hydrogen-bond donors (Lipinski definition) is 2. The molecule has 2 rings (SSSR count). The molecule has 0 spiro atoms. The topological polar surface area (TPSA) is 73.8 Å². The van der Waals surface area contributed by atoms with E-state index in [0.717, 1.165) is 19.0 Å². The summed E-state index contributed by atoms with van der Waals surface area (Å²) < 4.78 is 24.6. The fourth-order valence-electron chi connectivity index (χ4n) is 3.20. The van der Waals surface area contributed by atoms with Gasteiger partial charge >= 0.3 is 0 Å². The Labute approximate surface area is 158 Å². The van der Waals surface area contributed by atoms with Gasteiger partial charge in [-0.2, -0.15) is 0 Å². The molecular weight excluding hydrogens is 348 g/mol. The third kappa shape index (κ3) is 5.71. The molecule has 0 aliphatic carbocycles. The number of sulfone groups is 1. The second kappa shape index (κ2) is 9.37. The van der Waals surface area contributed by atoms with Crippen molar-refractivity contribution < 1.29 is 8.42 Å². The van der Waals surface area contributed by atoms with Gasteiger partial charge in [0.1, 0.15) is 0 Å². The molecule has 1 aliphatic heterocycles. The van der Waals surface area contributed by atoms with Crippen molar-refractivity contribution in [3.8, 4) is 0 Å². The van der Waals surface area contributed by atoms with Crippen molar-refractivity contribution in [2.75, 3.05) is 32.4 Å². The number of rotatable bonds is 7. The van der Waals surface area contributed by atoms with Gasteiger partial charge in [-0.25, -0.2) is 8.42 Å². The van der Waals surface area contributed by atoms with Gasteiger partial charge in [0, 0.05) is 38.8 Å². The van der Waals surface area contributed by atoms with E-state index in [2.05, 4.69) is 41.3 Å². The summed E-state index contributed by atoms with van der Waals surface area (Å²) in [7, 11) is -1.47. The molecule has 2 atom stereocenters. The summed E-state index contributed by atoms with van der Waals surface area (Å²) in [5.41, 5.74) is 0. The molecule has 1 saturated heterocycles. The summed E-state index contributed by atoms with van der Waals surface area (Å²) in [5, 5.41) is 6.72. The number of benzene rings is 1. The summed E-state index contributed by atoms with van der Waals surface area (Å²) in [6.45, 7) is 9.34. The first-order valence-electron chi connectivity index (χ1n) is 9.32. The first kappa shape index (κ1) is 20.7. The highest BCUT2D eigenvalue weighted by Crippen LogP contribution is 2.18. The minimum absolute atomic E-state index is 0.127. The summed E-state index contributed by atoms with van der Waals surface area (Å²) in [6, 6.07) is 9.51. The molecule has 7 heteroatoms. The Bertz CT molecular complexity index is 689. The van der Waals surface area contributed by atoms with Gasteiger partial charge in [-0.15, -0.1) is 0 Å². The van der Waals surface area contributed by atoms with Crippen LogP contribution in [0, 0.1) is 5.92 Å². The molecule has 26 heavy (non-hydrogen) atoms. The zero-order valence-corrected chi connectivity index (χ0v) is 17.1. The Kier molecular flexibility index (Phi) is 7.46. The second-order valence-corrected chi connectivity index (χ2v) is 9.37. The molecule has 2 N–H and O–H groups in total. The summed E-state index contributed by atoms with van der Waals surface area (Å²) in [6.07, 6.45) is 0.538. The standard InChI is InChI=1S/C19H32N4O2S/c1-15(2)23-13-16(3)18(14-23)22-19(20-4)21-11-8-12-26(24,25)17-9-6-5-7-10-17/h5-7,9-10,15-16,18H,8,11-14H2,1-4H3,(H2,20,21,22). The predicted octanol–water partition coefficient (Wildman–Crippen LogP) is 1.74. The third-order valence-electron chi connectivity index (χ3n) is 4.90. The molecule has 2 unspecified atom stereocenters. The van der Waals surface area contributed by atoms with Crippen LogP contribution in [0.15, 0.2) is 40.2 Å². The number of guanidine groups is 1. The van der Waals surface area contributed by atoms with Crippen LogP contribution in [0.3, 0.4) is 0 Å². The Balaban J connectivity index is 1.78. The normalized spacial score (nSPS) is 22.0. The van der Waals surface area contributed by atoms with Crippen molar-refractivity contribution in [2.45, 2.75) is 44.2 Å². The first-order valence-corrected chi connectivity index (χ1v) is 11.0. The lowest BCUT2D eigenvalue weighted by Crippen LogP contribution is -2.47. The van der Waals surface area contributed by atoms with Gasteiger partial charge in [-0.05, 0) is 38.3 Å². The highest BCUT2D eigenvalue weighted by molar-refractivity contribution is 7.91. The largest absolute Gasteiger partial charge is 0.356 e. The van der Waals surface area contributed by atoms with Crippen LogP contribution in [-0.4, -0.2) is 63.8 Å². The molecule has 146 valence electrons. The Morgan fingerprint density at radius 1 is 1.27 bits per heavy atom. The zero-order valence-electron chi connectivity index (χ0n) is 16.3. The van der Waals surface area contributed by atoms with E-state index in [4.69, 9.17) is 0 Å². The number of nitrogens with one attached hydrogen (secondary N) is 2. The van der Waals surface area contributed by atoms with Crippen molar-refractivity contribution in [1.82, 2.24) is 15.5 Å². The smallest absolute Gasteiger partial charge is 0.191 e. The number of aliphatic imine (C=N–C) groups is 1. The SMILES string of the molecule is CN=C(NCCCS(=O)(=O)c1ccccc1)NC1CN(C(C)C)CC1C. The van der Waals surface area contributed by atoms with Crippen LogP contribution in [0.25, 0.3) is 0 Å². The lowest BCUT2D eigenvalue weighted by molar-refractivity contribution is 0.265. The van der Waals surface area contributed by atoms with Crippen molar-refractivity contribution in [2.24, 2.45) is 10.9 Å². The maximum Gasteiger partial charge on any atom is 0.191 e. The van der Waals surface area contributed by atoms with E-state index < -0.39 is 9.84 Å². The average Bonchev–Trinajstić information content (AvgIpc) is 2.99. The van der Waals surface area contributed by atoms with E-state index in [9.17, 15) is 8.42 Å².